The predicted molar refractivity (Wildman–Crippen MR) is 69.8 cm³/mol. The van der Waals surface area contributed by atoms with Crippen molar-refractivity contribution in [1.82, 2.24) is 4.98 Å². The number of nitrogens with one attached hydrogen (secondary N) is 2. The van der Waals surface area contributed by atoms with E-state index < -0.39 is 6.04 Å². The maximum Gasteiger partial charge on any atom is 0.240 e. The number of nitrogens with two attached hydrogens (primary N) is 1. The first kappa shape index (κ1) is 13.3. The molecule has 0 fully saturated rings. The number of aromatic nitrogens is 1. The number of anilines is 2. The van der Waals surface area contributed by atoms with E-state index in [1.165, 1.54) is 0 Å². The fourth-order valence-corrected chi connectivity index (χ4v) is 1.52. The van der Waals surface area contributed by atoms with Crippen molar-refractivity contribution in [1.29, 1.82) is 0 Å². The summed E-state index contributed by atoms with van der Waals surface area (Å²) in [7, 11) is 0. The van der Waals surface area contributed by atoms with Crippen molar-refractivity contribution < 1.29 is 4.79 Å². The molecule has 94 valence electrons. The number of nitrogens with zero attached hydrogens (tertiary/aromatic N) is 1. The Labute approximate surface area is 102 Å². The highest BCUT2D eigenvalue weighted by atomic mass is 16.1. The first-order valence-electron chi connectivity index (χ1n) is 5.81. The van der Waals surface area contributed by atoms with Gasteiger partial charge in [-0.15, -0.1) is 0 Å². The minimum absolute atomic E-state index is 0.122. The Morgan fingerprint density at radius 1 is 1.41 bits per heavy atom. The van der Waals surface area contributed by atoms with Gasteiger partial charge in [-0.1, -0.05) is 19.9 Å². The third-order valence-electron chi connectivity index (χ3n) is 2.38. The molecule has 1 aromatic rings. The molecule has 0 aliphatic carbocycles. The lowest BCUT2D eigenvalue weighted by atomic mass is 10.0. The van der Waals surface area contributed by atoms with Gasteiger partial charge in [0.25, 0.3) is 0 Å². The fraction of sp³-hybridized carbons (Fsp3) is 0.500. The van der Waals surface area contributed by atoms with Crippen LogP contribution in [-0.2, 0) is 4.79 Å². The molecule has 0 radical (unpaired) electrons. The molecule has 0 spiro atoms. The number of hydrogen-bond donors (Lipinski definition) is 3. The topological polar surface area (TPSA) is 80.0 Å². The quantitative estimate of drug-likeness (QED) is 0.698. The molecule has 1 amide bonds. The molecule has 1 aromatic heterocycles. The van der Waals surface area contributed by atoms with E-state index in [0.717, 1.165) is 12.4 Å². The van der Waals surface area contributed by atoms with Crippen molar-refractivity contribution in [2.24, 2.45) is 11.7 Å². The summed E-state index contributed by atoms with van der Waals surface area (Å²) in [5.41, 5.74) is 5.34. The summed E-state index contributed by atoms with van der Waals surface area (Å²) >= 11 is 0. The van der Waals surface area contributed by atoms with E-state index in [1.54, 1.807) is 0 Å². The average Bonchev–Trinajstić information content (AvgIpc) is 2.26. The molecule has 1 rings (SSSR count). The van der Waals surface area contributed by atoms with Crippen molar-refractivity contribution in [3.05, 3.63) is 18.2 Å². The second-order valence-corrected chi connectivity index (χ2v) is 4.21. The summed E-state index contributed by atoms with van der Waals surface area (Å²) in [5.74, 6) is 1.19. The van der Waals surface area contributed by atoms with Crippen molar-refractivity contribution >= 4 is 17.5 Å². The Morgan fingerprint density at radius 3 is 2.59 bits per heavy atom. The first-order chi connectivity index (χ1) is 8.04. The van der Waals surface area contributed by atoms with Crippen LogP contribution in [0.5, 0.6) is 0 Å². The maximum absolute atomic E-state index is 11.3. The van der Waals surface area contributed by atoms with E-state index in [0.29, 0.717) is 5.82 Å². The van der Waals surface area contributed by atoms with E-state index in [1.807, 2.05) is 39.0 Å². The summed E-state index contributed by atoms with van der Waals surface area (Å²) in [4.78, 5) is 15.6. The maximum atomic E-state index is 11.3. The molecule has 0 aromatic carbocycles. The summed E-state index contributed by atoms with van der Waals surface area (Å²) in [5, 5.41) is 6.16. The normalized spacial score (nSPS) is 12.2. The van der Waals surface area contributed by atoms with Gasteiger partial charge in [0.15, 0.2) is 0 Å². The van der Waals surface area contributed by atoms with Gasteiger partial charge in [-0.25, -0.2) is 4.98 Å². The van der Waals surface area contributed by atoms with Gasteiger partial charge in [0.2, 0.25) is 5.91 Å². The Hall–Kier alpha value is -1.78. The van der Waals surface area contributed by atoms with E-state index in [-0.39, 0.29) is 11.8 Å². The zero-order chi connectivity index (χ0) is 12.8. The van der Waals surface area contributed by atoms with Crippen LogP contribution in [0, 0.1) is 5.92 Å². The molecule has 1 heterocycles. The number of carbonyl (C=O) groups excluding carboxylic acids is 1. The van der Waals surface area contributed by atoms with Crippen molar-refractivity contribution in [2.45, 2.75) is 26.8 Å². The van der Waals surface area contributed by atoms with Crippen LogP contribution in [0.4, 0.5) is 11.6 Å². The lowest BCUT2D eigenvalue weighted by molar-refractivity contribution is -0.119. The van der Waals surface area contributed by atoms with Crippen molar-refractivity contribution in [3.8, 4) is 0 Å². The molecule has 0 saturated carbocycles. The summed E-state index contributed by atoms with van der Waals surface area (Å²) in [6, 6.07) is 5.17. The molecule has 5 nitrogen and oxygen atoms in total. The SMILES string of the molecule is CCNc1cccc(NC(C(N)=O)C(C)C)n1. The van der Waals surface area contributed by atoms with Gasteiger partial charge in [0.1, 0.15) is 17.7 Å². The van der Waals surface area contributed by atoms with Gasteiger partial charge in [-0.2, -0.15) is 0 Å². The Bertz CT molecular complexity index is 379. The molecule has 1 unspecified atom stereocenters. The summed E-state index contributed by atoms with van der Waals surface area (Å²) < 4.78 is 0. The second-order valence-electron chi connectivity index (χ2n) is 4.21. The minimum atomic E-state index is -0.403. The first-order valence-corrected chi connectivity index (χ1v) is 5.81. The molecule has 17 heavy (non-hydrogen) atoms. The van der Waals surface area contributed by atoms with Gasteiger partial charge >= 0.3 is 0 Å². The minimum Gasteiger partial charge on any atom is -0.370 e. The van der Waals surface area contributed by atoms with E-state index in [9.17, 15) is 4.79 Å². The highest BCUT2D eigenvalue weighted by Gasteiger charge is 2.19. The Morgan fingerprint density at radius 2 is 2.06 bits per heavy atom. The number of pyridine rings is 1. The molecule has 4 N–H and O–H groups in total. The smallest absolute Gasteiger partial charge is 0.240 e. The van der Waals surface area contributed by atoms with Crippen LogP contribution in [0.2, 0.25) is 0 Å². The second kappa shape index (κ2) is 6.08. The van der Waals surface area contributed by atoms with Crippen molar-refractivity contribution in [2.75, 3.05) is 17.2 Å². The number of amides is 1. The standard InChI is InChI=1S/C12H20N4O/c1-4-14-9-6-5-7-10(15-9)16-11(8(2)3)12(13)17/h5-8,11H,4H2,1-3H3,(H2,13,17)(H2,14,15,16). The highest BCUT2D eigenvalue weighted by Crippen LogP contribution is 2.13. The van der Waals surface area contributed by atoms with E-state index >= 15 is 0 Å². The van der Waals surface area contributed by atoms with Gasteiger partial charge < -0.3 is 16.4 Å². The van der Waals surface area contributed by atoms with Gasteiger partial charge in [-0.3, -0.25) is 4.79 Å². The number of hydrogen-bond acceptors (Lipinski definition) is 4. The van der Waals surface area contributed by atoms with Crippen LogP contribution >= 0.6 is 0 Å². The molecule has 5 heteroatoms. The van der Waals surface area contributed by atoms with Crippen LogP contribution in [0.15, 0.2) is 18.2 Å². The third kappa shape index (κ3) is 3.94. The predicted octanol–water partition coefficient (Wildman–Crippen LogP) is 1.44. The average molecular weight is 236 g/mol. The lowest BCUT2D eigenvalue weighted by Crippen LogP contribution is -2.39. The number of rotatable bonds is 6. The molecule has 0 aliphatic heterocycles. The number of primary amides is 1. The summed E-state index contributed by atoms with van der Waals surface area (Å²) in [6.07, 6.45) is 0. The number of carbonyl (C=O) groups is 1. The van der Waals surface area contributed by atoms with Crippen LogP contribution in [0.3, 0.4) is 0 Å². The van der Waals surface area contributed by atoms with E-state index in [2.05, 4.69) is 15.6 Å². The molecule has 1 atom stereocenters. The lowest BCUT2D eigenvalue weighted by Gasteiger charge is -2.19. The monoisotopic (exact) mass is 236 g/mol. The zero-order valence-electron chi connectivity index (χ0n) is 10.5. The fourth-order valence-electron chi connectivity index (χ4n) is 1.52. The van der Waals surface area contributed by atoms with Gasteiger partial charge in [-0.05, 0) is 25.0 Å². The van der Waals surface area contributed by atoms with Crippen molar-refractivity contribution in [3.63, 3.8) is 0 Å². The van der Waals surface area contributed by atoms with Gasteiger partial charge in [0, 0.05) is 6.54 Å². The van der Waals surface area contributed by atoms with E-state index in [4.69, 9.17) is 5.73 Å². The van der Waals surface area contributed by atoms with Crippen LogP contribution < -0.4 is 16.4 Å². The molecule has 0 bridgehead atoms. The Kier molecular flexibility index (Phi) is 4.75. The highest BCUT2D eigenvalue weighted by molar-refractivity contribution is 5.83. The van der Waals surface area contributed by atoms with Crippen LogP contribution in [-0.4, -0.2) is 23.5 Å². The van der Waals surface area contributed by atoms with Gasteiger partial charge in [0.05, 0.1) is 0 Å². The van der Waals surface area contributed by atoms with Crippen LogP contribution in [0.1, 0.15) is 20.8 Å². The van der Waals surface area contributed by atoms with Crippen LogP contribution in [0.25, 0.3) is 0 Å². The molecular formula is C12H20N4O. The largest absolute Gasteiger partial charge is 0.370 e. The molecular weight excluding hydrogens is 216 g/mol. The third-order valence-corrected chi connectivity index (χ3v) is 2.38. The molecule has 0 saturated heterocycles. The molecule has 0 aliphatic rings. The zero-order valence-corrected chi connectivity index (χ0v) is 10.5. The Balaban J connectivity index is 2.78. The summed E-state index contributed by atoms with van der Waals surface area (Å²) in [6.45, 7) is 6.69.